The number of aliphatic imine (C=N–C) groups is 1. The van der Waals surface area contributed by atoms with Gasteiger partial charge in [0, 0.05) is 39.5 Å². The van der Waals surface area contributed by atoms with Gasteiger partial charge in [0.05, 0.1) is 13.7 Å². The molecule has 1 saturated carbocycles. The van der Waals surface area contributed by atoms with Crippen LogP contribution in [-0.2, 0) is 16.0 Å². The van der Waals surface area contributed by atoms with Crippen LogP contribution < -0.4 is 15.4 Å². The zero-order valence-electron chi connectivity index (χ0n) is 17.8. The molecule has 6 nitrogen and oxygen atoms in total. The van der Waals surface area contributed by atoms with Crippen molar-refractivity contribution < 1.29 is 14.2 Å². The molecule has 158 valence electrons. The van der Waals surface area contributed by atoms with E-state index in [1.165, 1.54) is 12.8 Å². The average Bonchev–Trinajstić information content (AvgIpc) is 3.50. The van der Waals surface area contributed by atoms with Gasteiger partial charge in [0.2, 0.25) is 0 Å². The van der Waals surface area contributed by atoms with E-state index in [0.29, 0.717) is 12.0 Å². The van der Waals surface area contributed by atoms with Gasteiger partial charge >= 0.3 is 0 Å². The Morgan fingerprint density at radius 3 is 2.39 bits per heavy atom. The van der Waals surface area contributed by atoms with Gasteiger partial charge in [-0.3, -0.25) is 0 Å². The molecule has 0 saturated heterocycles. The summed E-state index contributed by atoms with van der Waals surface area (Å²) in [6.45, 7) is 9.67. The molecule has 1 aliphatic carbocycles. The number of hydrogen-bond donors (Lipinski definition) is 2. The smallest absolute Gasteiger partial charge is 0.191 e. The third-order valence-corrected chi connectivity index (χ3v) is 5.11. The Morgan fingerprint density at radius 2 is 1.75 bits per heavy atom. The second-order valence-corrected chi connectivity index (χ2v) is 7.29. The summed E-state index contributed by atoms with van der Waals surface area (Å²) >= 11 is 0. The highest BCUT2D eigenvalue weighted by Crippen LogP contribution is 2.48. The van der Waals surface area contributed by atoms with Crippen LogP contribution >= 0.6 is 0 Å². The number of rotatable bonds is 14. The van der Waals surface area contributed by atoms with Crippen LogP contribution in [0.5, 0.6) is 5.75 Å². The first kappa shape index (κ1) is 22.5. The van der Waals surface area contributed by atoms with Gasteiger partial charge in [-0.1, -0.05) is 12.1 Å². The highest BCUT2D eigenvalue weighted by atomic mass is 16.5. The summed E-state index contributed by atoms with van der Waals surface area (Å²) in [5.41, 5.74) is 1.54. The van der Waals surface area contributed by atoms with E-state index in [4.69, 9.17) is 19.2 Å². The Labute approximate surface area is 170 Å². The van der Waals surface area contributed by atoms with Crippen molar-refractivity contribution in [1.82, 2.24) is 10.6 Å². The maximum Gasteiger partial charge on any atom is 0.191 e. The molecule has 0 amide bonds. The lowest BCUT2D eigenvalue weighted by Gasteiger charge is -2.19. The van der Waals surface area contributed by atoms with Crippen molar-refractivity contribution in [3.8, 4) is 5.75 Å². The topological polar surface area (TPSA) is 64.1 Å². The third-order valence-electron chi connectivity index (χ3n) is 5.11. The van der Waals surface area contributed by atoms with Gasteiger partial charge in [0.25, 0.3) is 0 Å². The summed E-state index contributed by atoms with van der Waals surface area (Å²) in [6, 6.07) is 8.06. The molecule has 1 aliphatic rings. The van der Waals surface area contributed by atoms with Crippen molar-refractivity contribution in [3.05, 3.63) is 29.8 Å². The summed E-state index contributed by atoms with van der Waals surface area (Å²) in [5.74, 6) is 1.74. The number of hydrogen-bond acceptors (Lipinski definition) is 4. The molecule has 0 bridgehead atoms. The molecule has 28 heavy (non-hydrogen) atoms. The van der Waals surface area contributed by atoms with Crippen LogP contribution in [-0.4, -0.2) is 52.6 Å². The van der Waals surface area contributed by atoms with Crippen molar-refractivity contribution in [1.29, 1.82) is 0 Å². The van der Waals surface area contributed by atoms with Crippen LogP contribution in [0.2, 0.25) is 0 Å². The minimum Gasteiger partial charge on any atom is -0.497 e. The normalized spacial score (nSPS) is 15.3. The van der Waals surface area contributed by atoms with Gasteiger partial charge in [-0.25, -0.2) is 4.99 Å². The minimum absolute atomic E-state index is 0.378. The second kappa shape index (κ2) is 12.6. The average molecular weight is 392 g/mol. The number of guanidine groups is 1. The van der Waals surface area contributed by atoms with E-state index in [1.807, 2.05) is 26.0 Å². The fraction of sp³-hybridized carbons (Fsp3) is 0.682. The van der Waals surface area contributed by atoms with E-state index in [2.05, 4.69) is 22.8 Å². The van der Waals surface area contributed by atoms with Crippen LogP contribution in [0.4, 0.5) is 0 Å². The molecule has 1 aromatic carbocycles. The second-order valence-electron chi connectivity index (χ2n) is 7.29. The molecule has 1 aromatic rings. The fourth-order valence-corrected chi connectivity index (χ4v) is 3.00. The maximum absolute atomic E-state index is 5.55. The Morgan fingerprint density at radius 1 is 1.04 bits per heavy atom. The molecule has 0 aromatic heterocycles. The molecular weight excluding hydrogens is 354 g/mol. The quantitative estimate of drug-likeness (QED) is 0.289. The van der Waals surface area contributed by atoms with E-state index in [-0.39, 0.29) is 0 Å². The molecule has 2 rings (SSSR count). The SMILES string of the molecule is CCOCCCNC(=NCc1ccc(OC)cc1)NCC1(CCOCC)CC1. The largest absolute Gasteiger partial charge is 0.497 e. The summed E-state index contributed by atoms with van der Waals surface area (Å²) in [7, 11) is 1.68. The number of nitrogens with zero attached hydrogens (tertiary/aromatic N) is 1. The van der Waals surface area contributed by atoms with Crippen LogP contribution in [0.15, 0.2) is 29.3 Å². The lowest BCUT2D eigenvalue weighted by Crippen LogP contribution is -2.41. The summed E-state index contributed by atoms with van der Waals surface area (Å²) in [6.07, 6.45) is 4.61. The number of nitrogens with one attached hydrogen (secondary N) is 2. The molecule has 0 aliphatic heterocycles. The van der Waals surface area contributed by atoms with E-state index in [1.54, 1.807) is 7.11 Å². The molecule has 0 unspecified atom stereocenters. The minimum atomic E-state index is 0.378. The van der Waals surface area contributed by atoms with Gasteiger partial charge in [-0.05, 0) is 62.6 Å². The monoisotopic (exact) mass is 391 g/mol. The van der Waals surface area contributed by atoms with Gasteiger partial charge in [0.1, 0.15) is 5.75 Å². The molecule has 0 heterocycles. The van der Waals surface area contributed by atoms with Crippen molar-refractivity contribution in [3.63, 3.8) is 0 Å². The molecule has 6 heteroatoms. The van der Waals surface area contributed by atoms with Gasteiger partial charge in [0.15, 0.2) is 5.96 Å². The maximum atomic E-state index is 5.55. The van der Waals surface area contributed by atoms with Crippen molar-refractivity contribution in [2.45, 2.75) is 46.1 Å². The first-order valence-electron chi connectivity index (χ1n) is 10.5. The number of benzene rings is 1. The van der Waals surface area contributed by atoms with E-state index >= 15 is 0 Å². The lowest BCUT2D eigenvalue weighted by molar-refractivity contribution is 0.128. The van der Waals surface area contributed by atoms with E-state index < -0.39 is 0 Å². The molecule has 0 spiro atoms. The lowest BCUT2D eigenvalue weighted by atomic mass is 10.0. The van der Waals surface area contributed by atoms with Gasteiger partial charge in [-0.15, -0.1) is 0 Å². The van der Waals surface area contributed by atoms with E-state index in [9.17, 15) is 0 Å². The zero-order chi connectivity index (χ0) is 20.1. The summed E-state index contributed by atoms with van der Waals surface area (Å²) in [4.78, 5) is 4.78. The Balaban J connectivity index is 1.86. The third kappa shape index (κ3) is 8.48. The van der Waals surface area contributed by atoms with Crippen LogP contribution in [0, 0.1) is 5.41 Å². The first-order valence-corrected chi connectivity index (χ1v) is 10.5. The highest BCUT2D eigenvalue weighted by molar-refractivity contribution is 5.79. The highest BCUT2D eigenvalue weighted by Gasteiger charge is 2.41. The fourth-order valence-electron chi connectivity index (χ4n) is 3.00. The molecule has 1 fully saturated rings. The molecular formula is C22H37N3O3. The molecule has 0 radical (unpaired) electrons. The first-order chi connectivity index (χ1) is 13.7. The van der Waals surface area contributed by atoms with Crippen molar-refractivity contribution in [2.75, 3.05) is 46.6 Å². The predicted molar refractivity (Wildman–Crippen MR) is 114 cm³/mol. The van der Waals surface area contributed by atoms with Crippen molar-refractivity contribution >= 4 is 5.96 Å². The Bertz CT molecular complexity index is 571. The standard InChI is InChI=1S/C22H37N3O3/c1-4-27-15-6-14-23-21(24-17-19-7-9-20(26-3)10-8-19)25-18-22(11-12-22)13-16-28-5-2/h7-10H,4-6,11-18H2,1-3H3,(H2,23,24,25). The Hall–Kier alpha value is -1.79. The van der Waals surface area contributed by atoms with Gasteiger partial charge < -0.3 is 24.8 Å². The number of methoxy groups -OCH3 is 1. The predicted octanol–water partition coefficient (Wildman–Crippen LogP) is 3.36. The zero-order valence-corrected chi connectivity index (χ0v) is 17.8. The van der Waals surface area contributed by atoms with Gasteiger partial charge in [-0.2, -0.15) is 0 Å². The molecule has 0 atom stereocenters. The summed E-state index contributed by atoms with van der Waals surface area (Å²) < 4.78 is 16.2. The van der Waals surface area contributed by atoms with E-state index in [0.717, 1.165) is 69.6 Å². The molecule has 2 N–H and O–H groups in total. The van der Waals surface area contributed by atoms with Crippen molar-refractivity contribution in [2.24, 2.45) is 10.4 Å². The van der Waals surface area contributed by atoms with Crippen LogP contribution in [0.25, 0.3) is 0 Å². The van der Waals surface area contributed by atoms with Crippen LogP contribution in [0.1, 0.15) is 45.1 Å². The van der Waals surface area contributed by atoms with Crippen LogP contribution in [0.3, 0.4) is 0 Å². The number of ether oxygens (including phenoxy) is 3. The summed E-state index contributed by atoms with van der Waals surface area (Å²) in [5, 5.41) is 6.99. The Kier molecular flexibility index (Phi) is 10.1.